The first-order chi connectivity index (χ1) is 8.12. The van der Waals surface area contributed by atoms with Gasteiger partial charge in [0, 0.05) is 0 Å². The smallest absolute Gasteiger partial charge is 0.403 e. The van der Waals surface area contributed by atoms with Gasteiger partial charge in [-0.2, -0.15) is 0 Å². The Hall–Kier alpha value is -0.535. The van der Waals surface area contributed by atoms with Crippen molar-refractivity contribution in [2.75, 3.05) is 0 Å². The number of hydrogen-bond acceptors (Lipinski definition) is 2. The SMILES string of the molecule is C=C/C=C(/C)[C@H](C)[C@@H](C)B1OC(C)(C)C(C)(C)O1. The lowest BCUT2D eigenvalue weighted by Gasteiger charge is -2.32. The third-order valence-corrected chi connectivity index (χ3v) is 4.59. The minimum absolute atomic E-state index is 0.141. The predicted molar refractivity (Wildman–Crippen MR) is 78.6 cm³/mol. The van der Waals surface area contributed by atoms with E-state index in [1.54, 1.807) is 0 Å². The van der Waals surface area contributed by atoms with Gasteiger partial charge >= 0.3 is 7.12 Å². The molecule has 0 aromatic heterocycles. The highest BCUT2D eigenvalue weighted by Crippen LogP contribution is 2.42. The van der Waals surface area contributed by atoms with Crippen molar-refractivity contribution in [2.45, 2.75) is 65.5 Å². The van der Waals surface area contributed by atoms with Gasteiger partial charge in [-0.15, -0.1) is 0 Å². The van der Waals surface area contributed by atoms with Crippen LogP contribution in [0.25, 0.3) is 0 Å². The van der Waals surface area contributed by atoms with E-state index in [-0.39, 0.29) is 18.3 Å². The van der Waals surface area contributed by atoms with E-state index in [1.165, 1.54) is 5.57 Å². The zero-order valence-corrected chi connectivity index (χ0v) is 12.9. The molecule has 0 N–H and O–H groups in total. The van der Waals surface area contributed by atoms with E-state index in [0.29, 0.717) is 11.7 Å². The van der Waals surface area contributed by atoms with Gasteiger partial charge in [-0.1, -0.05) is 38.2 Å². The molecule has 2 nitrogen and oxygen atoms in total. The van der Waals surface area contributed by atoms with Crippen molar-refractivity contribution in [2.24, 2.45) is 5.92 Å². The Labute approximate surface area is 113 Å². The van der Waals surface area contributed by atoms with Crippen LogP contribution in [0.15, 0.2) is 24.3 Å². The molecule has 102 valence electrons. The quantitative estimate of drug-likeness (QED) is 0.549. The Morgan fingerprint density at radius 2 is 1.56 bits per heavy atom. The Balaban J connectivity index is 2.79. The summed E-state index contributed by atoms with van der Waals surface area (Å²) in [5.74, 6) is 0.736. The highest BCUT2D eigenvalue weighted by atomic mass is 16.7. The zero-order valence-electron chi connectivity index (χ0n) is 12.9. The molecule has 0 aromatic carbocycles. The molecule has 0 radical (unpaired) electrons. The summed E-state index contributed by atoms with van der Waals surface area (Å²) in [7, 11) is -0.141. The van der Waals surface area contributed by atoms with Crippen LogP contribution >= 0.6 is 0 Å². The third-order valence-electron chi connectivity index (χ3n) is 4.59. The van der Waals surface area contributed by atoms with Gasteiger partial charge in [0.1, 0.15) is 0 Å². The standard InChI is InChI=1S/C15H27BO2/c1-9-10-11(2)12(3)13(4)16-17-14(5,6)15(7,8)18-16/h9-10,12-13H,1H2,2-8H3/b11-10-/t12-,13+/m0/s1. The Morgan fingerprint density at radius 3 is 1.94 bits per heavy atom. The summed E-state index contributed by atoms with van der Waals surface area (Å²) in [5.41, 5.74) is 0.816. The van der Waals surface area contributed by atoms with Gasteiger partial charge in [-0.3, -0.25) is 0 Å². The fourth-order valence-corrected chi connectivity index (χ4v) is 2.09. The summed E-state index contributed by atoms with van der Waals surface area (Å²) in [6.45, 7) is 18.7. The molecule has 1 heterocycles. The molecule has 0 saturated carbocycles. The maximum Gasteiger partial charge on any atom is 0.461 e. The molecule has 0 amide bonds. The predicted octanol–water partition coefficient (Wildman–Crippen LogP) is 4.24. The average Bonchev–Trinajstić information content (AvgIpc) is 2.46. The Bertz CT molecular complexity index is 328. The molecule has 18 heavy (non-hydrogen) atoms. The van der Waals surface area contributed by atoms with Crippen molar-refractivity contribution >= 4 is 7.12 Å². The summed E-state index contributed by atoms with van der Waals surface area (Å²) in [6, 6.07) is 0. The van der Waals surface area contributed by atoms with Crippen LogP contribution in [-0.2, 0) is 9.31 Å². The molecule has 3 heteroatoms. The number of rotatable bonds is 4. The minimum Gasteiger partial charge on any atom is -0.403 e. The Kier molecular flexibility index (Phi) is 4.50. The first-order valence-electron chi connectivity index (χ1n) is 6.77. The van der Waals surface area contributed by atoms with E-state index in [4.69, 9.17) is 9.31 Å². The molecule has 0 aliphatic carbocycles. The molecule has 0 aromatic rings. The fraction of sp³-hybridized carbons (Fsp3) is 0.733. The lowest BCUT2D eigenvalue weighted by Crippen LogP contribution is -2.41. The van der Waals surface area contributed by atoms with Crippen LogP contribution in [0.1, 0.15) is 48.5 Å². The largest absolute Gasteiger partial charge is 0.461 e. The molecule has 0 bridgehead atoms. The fourth-order valence-electron chi connectivity index (χ4n) is 2.09. The summed E-state index contributed by atoms with van der Waals surface area (Å²) in [4.78, 5) is 0. The molecule has 1 aliphatic heterocycles. The molecule has 2 atom stereocenters. The molecule has 0 spiro atoms. The van der Waals surface area contributed by atoms with Crippen LogP contribution in [0, 0.1) is 5.92 Å². The summed E-state index contributed by atoms with van der Waals surface area (Å²) < 4.78 is 12.2. The van der Waals surface area contributed by atoms with E-state index in [2.05, 4.69) is 61.1 Å². The van der Waals surface area contributed by atoms with Crippen molar-refractivity contribution in [3.8, 4) is 0 Å². The van der Waals surface area contributed by atoms with Gasteiger partial charge in [0.2, 0.25) is 0 Å². The normalized spacial score (nSPS) is 25.9. The van der Waals surface area contributed by atoms with Crippen molar-refractivity contribution in [1.29, 1.82) is 0 Å². The van der Waals surface area contributed by atoms with Crippen LogP contribution in [0.3, 0.4) is 0 Å². The highest BCUT2D eigenvalue weighted by Gasteiger charge is 2.53. The van der Waals surface area contributed by atoms with E-state index >= 15 is 0 Å². The van der Waals surface area contributed by atoms with Crippen molar-refractivity contribution < 1.29 is 9.31 Å². The topological polar surface area (TPSA) is 18.5 Å². The van der Waals surface area contributed by atoms with Gasteiger partial charge in [0.25, 0.3) is 0 Å². The second-order valence-electron chi connectivity index (χ2n) is 6.42. The molecule has 1 fully saturated rings. The molecular weight excluding hydrogens is 223 g/mol. The van der Waals surface area contributed by atoms with Crippen molar-refractivity contribution in [3.63, 3.8) is 0 Å². The van der Waals surface area contributed by atoms with E-state index in [0.717, 1.165) is 0 Å². The van der Waals surface area contributed by atoms with E-state index in [1.807, 2.05) is 6.08 Å². The third kappa shape index (κ3) is 2.89. The van der Waals surface area contributed by atoms with Gasteiger partial charge < -0.3 is 9.31 Å². The van der Waals surface area contributed by atoms with Crippen LogP contribution in [0.5, 0.6) is 0 Å². The molecule has 1 aliphatic rings. The Morgan fingerprint density at radius 1 is 1.11 bits per heavy atom. The van der Waals surface area contributed by atoms with Crippen LogP contribution in [0.2, 0.25) is 5.82 Å². The second-order valence-corrected chi connectivity index (χ2v) is 6.42. The monoisotopic (exact) mass is 250 g/mol. The molecular formula is C15H27BO2. The highest BCUT2D eigenvalue weighted by molar-refractivity contribution is 6.47. The summed E-state index contributed by atoms with van der Waals surface area (Å²) in [6.07, 6.45) is 3.90. The van der Waals surface area contributed by atoms with Crippen molar-refractivity contribution in [1.82, 2.24) is 0 Å². The summed E-state index contributed by atoms with van der Waals surface area (Å²) in [5, 5.41) is 0. The van der Waals surface area contributed by atoms with Crippen LogP contribution in [-0.4, -0.2) is 18.3 Å². The summed E-state index contributed by atoms with van der Waals surface area (Å²) >= 11 is 0. The number of hydrogen-bond donors (Lipinski definition) is 0. The van der Waals surface area contributed by atoms with E-state index in [9.17, 15) is 0 Å². The maximum atomic E-state index is 6.10. The van der Waals surface area contributed by atoms with Gasteiger partial charge in [0.05, 0.1) is 11.2 Å². The molecule has 0 unspecified atom stereocenters. The van der Waals surface area contributed by atoms with Crippen LogP contribution < -0.4 is 0 Å². The molecule has 1 rings (SSSR count). The van der Waals surface area contributed by atoms with Gasteiger partial charge in [0.15, 0.2) is 0 Å². The molecule has 1 saturated heterocycles. The van der Waals surface area contributed by atoms with Gasteiger partial charge in [-0.25, -0.2) is 0 Å². The lowest BCUT2D eigenvalue weighted by molar-refractivity contribution is 0.00578. The minimum atomic E-state index is -0.248. The first kappa shape index (κ1) is 15.5. The second kappa shape index (κ2) is 5.22. The zero-order chi connectivity index (χ0) is 14.1. The average molecular weight is 250 g/mol. The van der Waals surface area contributed by atoms with E-state index < -0.39 is 0 Å². The van der Waals surface area contributed by atoms with Crippen LogP contribution in [0.4, 0.5) is 0 Å². The number of allylic oxidation sites excluding steroid dienone is 3. The lowest BCUT2D eigenvalue weighted by atomic mass is 9.65. The first-order valence-corrected chi connectivity index (χ1v) is 6.77. The maximum absolute atomic E-state index is 6.10. The van der Waals surface area contributed by atoms with Crippen molar-refractivity contribution in [3.05, 3.63) is 24.3 Å². The van der Waals surface area contributed by atoms with Gasteiger partial charge in [-0.05, 0) is 46.4 Å².